The van der Waals surface area contributed by atoms with Crippen LogP contribution < -0.4 is 5.73 Å². The van der Waals surface area contributed by atoms with Crippen molar-refractivity contribution in [3.63, 3.8) is 0 Å². The van der Waals surface area contributed by atoms with Gasteiger partial charge in [-0.2, -0.15) is 0 Å². The van der Waals surface area contributed by atoms with Gasteiger partial charge in [0.05, 0.1) is 5.56 Å². The van der Waals surface area contributed by atoms with Crippen molar-refractivity contribution in [2.24, 2.45) is 5.73 Å². The van der Waals surface area contributed by atoms with Crippen LogP contribution in [0.5, 0.6) is 0 Å². The molecule has 0 aliphatic carbocycles. The van der Waals surface area contributed by atoms with Crippen molar-refractivity contribution in [3.05, 3.63) is 59.7 Å². The van der Waals surface area contributed by atoms with Crippen molar-refractivity contribution in [3.8, 4) is 11.1 Å². The number of hydrogen-bond donors (Lipinski definition) is 1. The average Bonchev–Trinajstić information content (AvgIpc) is 2.55. The van der Waals surface area contributed by atoms with Crippen LogP contribution in [-0.2, 0) is 0 Å². The minimum absolute atomic E-state index is 0. The van der Waals surface area contributed by atoms with E-state index in [0.717, 1.165) is 12.8 Å². The molecule has 3 nitrogen and oxygen atoms in total. The molecule has 2 aromatic carbocycles. The van der Waals surface area contributed by atoms with Crippen LogP contribution in [0.3, 0.4) is 0 Å². The molecule has 0 unspecified atom stereocenters. The molecule has 128 valence electrons. The van der Waals surface area contributed by atoms with Gasteiger partial charge in [0.25, 0.3) is 5.91 Å². The molecule has 1 aliphatic rings. The maximum Gasteiger partial charge on any atom is 0.256 e. The second-order valence-electron chi connectivity index (χ2n) is 5.83. The highest BCUT2D eigenvalue weighted by Gasteiger charge is 2.23. The number of halogens is 3. The van der Waals surface area contributed by atoms with E-state index in [2.05, 4.69) is 0 Å². The predicted octanol–water partition coefficient (Wildman–Crippen LogP) is 3.62. The molecule has 0 radical (unpaired) electrons. The van der Waals surface area contributed by atoms with Gasteiger partial charge in [-0.15, -0.1) is 12.4 Å². The Kier molecular flexibility index (Phi) is 5.91. The quantitative estimate of drug-likeness (QED) is 0.897. The zero-order chi connectivity index (χ0) is 16.4. The fraction of sp³-hybridized carbons (Fsp3) is 0.278. The number of rotatable bonds is 2. The third-order valence-corrected chi connectivity index (χ3v) is 4.20. The maximum absolute atomic E-state index is 14.4. The molecule has 1 fully saturated rings. The largest absolute Gasteiger partial charge is 0.338 e. The van der Waals surface area contributed by atoms with Crippen molar-refractivity contribution in [1.29, 1.82) is 0 Å². The number of amides is 1. The monoisotopic (exact) mass is 352 g/mol. The standard InChI is InChI=1S/C18H18F2N2O.ClH/c19-14-4-1-12(2-5-14)13-3-6-16(17(20)11-13)18(23)22-9-7-15(21)8-10-22;/h1-6,11,15H,7-10,21H2;1H. The fourth-order valence-electron chi connectivity index (χ4n) is 2.78. The van der Waals surface area contributed by atoms with Crippen molar-refractivity contribution >= 4 is 18.3 Å². The Labute approximate surface area is 145 Å². The summed E-state index contributed by atoms with van der Waals surface area (Å²) in [5.41, 5.74) is 7.20. The van der Waals surface area contributed by atoms with Gasteiger partial charge in [0.15, 0.2) is 0 Å². The molecule has 0 saturated carbocycles. The lowest BCUT2D eigenvalue weighted by Gasteiger charge is -2.30. The summed E-state index contributed by atoms with van der Waals surface area (Å²) in [6.07, 6.45) is 1.47. The Morgan fingerprint density at radius 1 is 1.00 bits per heavy atom. The Morgan fingerprint density at radius 3 is 2.17 bits per heavy atom. The Bertz CT molecular complexity index is 713. The molecule has 2 N–H and O–H groups in total. The van der Waals surface area contributed by atoms with E-state index in [1.54, 1.807) is 23.1 Å². The normalized spacial score (nSPS) is 15.0. The van der Waals surface area contributed by atoms with E-state index in [1.807, 2.05) is 0 Å². The fourth-order valence-corrected chi connectivity index (χ4v) is 2.78. The molecular formula is C18H19ClF2N2O. The van der Waals surface area contributed by atoms with Crippen molar-refractivity contribution in [2.45, 2.75) is 18.9 Å². The first-order valence-electron chi connectivity index (χ1n) is 7.65. The molecule has 1 aliphatic heterocycles. The van der Waals surface area contributed by atoms with E-state index in [0.29, 0.717) is 24.2 Å². The number of hydrogen-bond acceptors (Lipinski definition) is 2. The molecule has 0 bridgehead atoms. The first-order chi connectivity index (χ1) is 11.0. The van der Waals surface area contributed by atoms with Crippen LogP contribution in [0.2, 0.25) is 0 Å². The third kappa shape index (κ3) is 3.91. The molecular weight excluding hydrogens is 334 g/mol. The predicted molar refractivity (Wildman–Crippen MR) is 92.2 cm³/mol. The topological polar surface area (TPSA) is 46.3 Å². The number of piperidine rings is 1. The van der Waals surface area contributed by atoms with Crippen LogP contribution in [0.4, 0.5) is 8.78 Å². The lowest BCUT2D eigenvalue weighted by molar-refractivity contribution is 0.0710. The third-order valence-electron chi connectivity index (χ3n) is 4.20. The van der Waals surface area contributed by atoms with Gasteiger partial charge in [-0.05, 0) is 48.2 Å². The molecule has 1 saturated heterocycles. The van der Waals surface area contributed by atoms with E-state index in [-0.39, 0.29) is 35.7 Å². The highest BCUT2D eigenvalue weighted by atomic mass is 35.5. The molecule has 0 aromatic heterocycles. The molecule has 2 aromatic rings. The van der Waals surface area contributed by atoms with E-state index in [4.69, 9.17) is 5.73 Å². The first kappa shape index (κ1) is 18.4. The molecule has 0 atom stereocenters. The summed E-state index contributed by atoms with van der Waals surface area (Å²) in [5, 5.41) is 0. The molecule has 3 rings (SSSR count). The molecule has 6 heteroatoms. The summed E-state index contributed by atoms with van der Waals surface area (Å²) in [6.45, 7) is 1.11. The van der Waals surface area contributed by atoms with Crippen molar-refractivity contribution < 1.29 is 13.6 Å². The van der Waals surface area contributed by atoms with Crippen LogP contribution in [-0.4, -0.2) is 29.9 Å². The molecule has 24 heavy (non-hydrogen) atoms. The van der Waals surface area contributed by atoms with Gasteiger partial charge in [-0.25, -0.2) is 8.78 Å². The van der Waals surface area contributed by atoms with Gasteiger partial charge in [-0.3, -0.25) is 4.79 Å². The molecule has 0 spiro atoms. The first-order valence-corrected chi connectivity index (χ1v) is 7.65. The Balaban J connectivity index is 0.00000208. The molecule has 1 heterocycles. The van der Waals surface area contributed by atoms with Crippen LogP contribution in [0.1, 0.15) is 23.2 Å². The Morgan fingerprint density at radius 2 is 1.58 bits per heavy atom. The number of nitrogens with two attached hydrogens (primary N) is 1. The summed E-state index contributed by atoms with van der Waals surface area (Å²) in [4.78, 5) is 14.1. The van der Waals surface area contributed by atoms with Crippen LogP contribution in [0.25, 0.3) is 11.1 Å². The highest BCUT2D eigenvalue weighted by Crippen LogP contribution is 2.23. The minimum atomic E-state index is -0.563. The minimum Gasteiger partial charge on any atom is -0.338 e. The second kappa shape index (κ2) is 7.73. The lowest BCUT2D eigenvalue weighted by Crippen LogP contribution is -2.43. The van der Waals surface area contributed by atoms with Crippen LogP contribution >= 0.6 is 12.4 Å². The van der Waals surface area contributed by atoms with Crippen LogP contribution in [0, 0.1) is 11.6 Å². The highest BCUT2D eigenvalue weighted by molar-refractivity contribution is 5.95. The Hall–Kier alpha value is -1.98. The van der Waals surface area contributed by atoms with E-state index >= 15 is 0 Å². The second-order valence-corrected chi connectivity index (χ2v) is 5.83. The summed E-state index contributed by atoms with van der Waals surface area (Å²) >= 11 is 0. The summed E-state index contributed by atoms with van der Waals surface area (Å²) in [6, 6.07) is 10.4. The summed E-state index contributed by atoms with van der Waals surface area (Å²) in [5.74, 6) is -1.21. The summed E-state index contributed by atoms with van der Waals surface area (Å²) < 4.78 is 27.3. The smallest absolute Gasteiger partial charge is 0.256 e. The van der Waals surface area contributed by atoms with Crippen molar-refractivity contribution in [1.82, 2.24) is 4.90 Å². The summed E-state index contributed by atoms with van der Waals surface area (Å²) in [7, 11) is 0. The van der Waals surface area contributed by atoms with E-state index in [1.165, 1.54) is 24.3 Å². The number of carbonyl (C=O) groups excluding carboxylic acids is 1. The number of nitrogens with zero attached hydrogens (tertiary/aromatic N) is 1. The van der Waals surface area contributed by atoms with Crippen LogP contribution in [0.15, 0.2) is 42.5 Å². The SMILES string of the molecule is Cl.NC1CCN(C(=O)c2ccc(-c3ccc(F)cc3)cc2F)CC1. The van der Waals surface area contributed by atoms with E-state index in [9.17, 15) is 13.6 Å². The number of carbonyl (C=O) groups is 1. The van der Waals surface area contributed by atoms with Gasteiger partial charge in [-0.1, -0.05) is 18.2 Å². The van der Waals surface area contributed by atoms with Crippen molar-refractivity contribution in [2.75, 3.05) is 13.1 Å². The van der Waals surface area contributed by atoms with Gasteiger partial charge in [0.2, 0.25) is 0 Å². The number of likely N-dealkylation sites (tertiary alicyclic amines) is 1. The van der Waals surface area contributed by atoms with Gasteiger partial charge in [0, 0.05) is 19.1 Å². The molecule has 1 amide bonds. The number of benzene rings is 2. The van der Waals surface area contributed by atoms with Gasteiger partial charge < -0.3 is 10.6 Å². The van der Waals surface area contributed by atoms with Gasteiger partial charge in [0.1, 0.15) is 11.6 Å². The zero-order valence-electron chi connectivity index (χ0n) is 13.0. The average molecular weight is 353 g/mol. The maximum atomic E-state index is 14.4. The van der Waals surface area contributed by atoms with E-state index < -0.39 is 5.82 Å². The van der Waals surface area contributed by atoms with Gasteiger partial charge >= 0.3 is 0 Å². The zero-order valence-corrected chi connectivity index (χ0v) is 13.9. The lowest BCUT2D eigenvalue weighted by atomic mass is 10.0.